The number of nitrogens with zero attached hydrogens (tertiary/aromatic N) is 3. The quantitative estimate of drug-likeness (QED) is 0.546. The van der Waals surface area contributed by atoms with Crippen molar-refractivity contribution in [2.45, 2.75) is 48.5 Å². The second-order valence-corrected chi connectivity index (χ2v) is 9.73. The van der Waals surface area contributed by atoms with Gasteiger partial charge in [-0.05, 0) is 0 Å². The third-order valence-corrected chi connectivity index (χ3v) is 11.7. The molecule has 0 aliphatic heterocycles. The summed E-state index contributed by atoms with van der Waals surface area (Å²) in [6, 6.07) is 0. The third-order valence-electron chi connectivity index (χ3n) is 3.86. The Balaban J connectivity index is 5.68. The summed E-state index contributed by atoms with van der Waals surface area (Å²) in [6.45, 7) is 22.9. The van der Waals surface area contributed by atoms with Gasteiger partial charge in [-0.25, -0.2) is 0 Å². The zero-order chi connectivity index (χ0) is 14.9. The summed E-state index contributed by atoms with van der Waals surface area (Å²) in [5, 5.41) is 0. The van der Waals surface area contributed by atoms with E-state index in [-0.39, 0.29) is 0 Å². The molecule has 4 nitrogen and oxygen atoms in total. The molecule has 0 saturated carbocycles. The van der Waals surface area contributed by atoms with Crippen molar-refractivity contribution in [3.05, 3.63) is 0 Å². The summed E-state index contributed by atoms with van der Waals surface area (Å²) in [4.78, 5) is 0. The van der Waals surface area contributed by atoms with Crippen molar-refractivity contribution in [1.29, 1.82) is 0 Å². The van der Waals surface area contributed by atoms with Crippen LogP contribution in [0.5, 0.6) is 0 Å². The maximum absolute atomic E-state index is 6.53. The van der Waals surface area contributed by atoms with Gasteiger partial charge < -0.3 is 0 Å². The zero-order valence-electron chi connectivity index (χ0n) is 14.2. The first-order valence-electron chi connectivity index (χ1n) is 8.01. The van der Waals surface area contributed by atoms with Crippen molar-refractivity contribution < 1.29 is 21.1 Å². The van der Waals surface area contributed by atoms with Crippen LogP contribution in [0.3, 0.4) is 0 Å². The predicted octanol–water partition coefficient (Wildman–Crippen LogP) is 2.86. The van der Waals surface area contributed by atoms with E-state index < -0.39 is 17.7 Å². The molecular formula is C14H35N3OTi. The van der Waals surface area contributed by atoms with Crippen molar-refractivity contribution in [3.8, 4) is 0 Å². The Morgan fingerprint density at radius 3 is 1.00 bits per heavy atom. The van der Waals surface area contributed by atoms with Crippen LogP contribution in [0.15, 0.2) is 0 Å². The summed E-state index contributed by atoms with van der Waals surface area (Å²) in [5.41, 5.74) is 0. The van der Waals surface area contributed by atoms with E-state index in [1.54, 1.807) is 0 Å². The SMILES string of the molecule is CC[O][Ti]([N](CC)CC)([N](CC)CC)[N](CC)CC. The van der Waals surface area contributed by atoms with Crippen molar-refractivity contribution in [1.82, 2.24) is 10.1 Å². The fourth-order valence-corrected chi connectivity index (χ4v) is 10.2. The minimum atomic E-state index is -2.81. The molecule has 19 heavy (non-hydrogen) atoms. The van der Waals surface area contributed by atoms with Crippen LogP contribution >= 0.6 is 0 Å². The number of hydrogen-bond acceptors (Lipinski definition) is 4. The molecule has 0 aromatic carbocycles. The molecule has 116 valence electrons. The standard InChI is InChI=1S/3C4H10N.C2H5O.Ti/c3*1-3-5-4-2;1-2-3;/h3*3-4H2,1-2H3;2H2,1H3;/q4*-1;+4. The second-order valence-electron chi connectivity index (χ2n) is 4.52. The van der Waals surface area contributed by atoms with Gasteiger partial charge in [-0.1, -0.05) is 0 Å². The molecule has 5 heteroatoms. The summed E-state index contributed by atoms with van der Waals surface area (Å²) in [5.74, 6) is 0. The summed E-state index contributed by atoms with van der Waals surface area (Å²) in [7, 11) is 0. The molecule has 0 aliphatic carbocycles. The molecule has 0 spiro atoms. The van der Waals surface area contributed by atoms with Gasteiger partial charge in [0, 0.05) is 0 Å². The average molecular weight is 309 g/mol. The second kappa shape index (κ2) is 10.3. The van der Waals surface area contributed by atoms with Crippen LogP contribution in [0.4, 0.5) is 0 Å². The van der Waals surface area contributed by atoms with Crippen LogP contribution in [-0.2, 0) is 21.1 Å². The summed E-state index contributed by atoms with van der Waals surface area (Å²) in [6.07, 6.45) is 0. The van der Waals surface area contributed by atoms with Gasteiger partial charge in [0.2, 0.25) is 0 Å². The predicted molar refractivity (Wildman–Crippen MR) is 80.4 cm³/mol. The van der Waals surface area contributed by atoms with Crippen LogP contribution in [-0.4, -0.2) is 56.0 Å². The Labute approximate surface area is 125 Å². The van der Waals surface area contributed by atoms with E-state index in [1.165, 1.54) is 0 Å². The van der Waals surface area contributed by atoms with Gasteiger partial charge in [-0.3, -0.25) is 0 Å². The molecule has 0 aliphatic rings. The Morgan fingerprint density at radius 1 is 0.579 bits per heavy atom. The normalized spacial score (nSPS) is 12.9. The Kier molecular flexibility index (Phi) is 10.6. The van der Waals surface area contributed by atoms with Crippen LogP contribution in [0.2, 0.25) is 0 Å². The molecule has 0 atom stereocenters. The fraction of sp³-hybridized carbons (Fsp3) is 1.00. The van der Waals surface area contributed by atoms with E-state index in [2.05, 4.69) is 58.6 Å². The van der Waals surface area contributed by atoms with Gasteiger partial charge in [0.25, 0.3) is 0 Å². The van der Waals surface area contributed by atoms with Crippen LogP contribution < -0.4 is 0 Å². The van der Waals surface area contributed by atoms with Crippen LogP contribution in [0.25, 0.3) is 0 Å². The average Bonchev–Trinajstić information content (AvgIpc) is 2.42. The van der Waals surface area contributed by atoms with Gasteiger partial charge >= 0.3 is 126 Å². The first-order valence-corrected chi connectivity index (χ1v) is 10.7. The molecule has 0 amide bonds. The molecule has 0 fully saturated rings. The molecule has 0 rings (SSSR count). The van der Waals surface area contributed by atoms with Crippen LogP contribution in [0.1, 0.15) is 48.5 Å². The van der Waals surface area contributed by atoms with Crippen molar-refractivity contribution in [2.24, 2.45) is 0 Å². The molecule has 0 unspecified atom stereocenters. The maximum atomic E-state index is 6.53. The van der Waals surface area contributed by atoms with E-state index in [4.69, 9.17) is 3.32 Å². The zero-order valence-corrected chi connectivity index (χ0v) is 15.8. The fourth-order valence-electron chi connectivity index (χ4n) is 2.97. The van der Waals surface area contributed by atoms with Gasteiger partial charge in [0.05, 0.1) is 0 Å². The van der Waals surface area contributed by atoms with Crippen molar-refractivity contribution >= 4 is 0 Å². The third kappa shape index (κ3) is 4.26. The van der Waals surface area contributed by atoms with E-state index in [0.29, 0.717) is 0 Å². The molecule has 0 radical (unpaired) electrons. The summed E-state index contributed by atoms with van der Waals surface area (Å²) >= 11 is -2.81. The van der Waals surface area contributed by atoms with E-state index in [0.717, 1.165) is 45.9 Å². The van der Waals surface area contributed by atoms with E-state index in [9.17, 15) is 0 Å². The topological polar surface area (TPSA) is 19.0 Å². The number of hydrogen-bond donors (Lipinski definition) is 0. The molecule has 0 bridgehead atoms. The Morgan fingerprint density at radius 2 is 0.842 bits per heavy atom. The van der Waals surface area contributed by atoms with Crippen LogP contribution in [0, 0.1) is 0 Å². The van der Waals surface area contributed by atoms with Gasteiger partial charge in [0.15, 0.2) is 0 Å². The van der Waals surface area contributed by atoms with Gasteiger partial charge in [-0.15, -0.1) is 0 Å². The first-order chi connectivity index (χ1) is 9.12. The van der Waals surface area contributed by atoms with Crippen molar-refractivity contribution in [2.75, 3.05) is 45.9 Å². The molecule has 0 heterocycles. The first kappa shape index (κ1) is 19.6. The Bertz CT molecular complexity index is 185. The minimum absolute atomic E-state index is 0.809. The number of rotatable bonds is 11. The van der Waals surface area contributed by atoms with Gasteiger partial charge in [0.1, 0.15) is 0 Å². The van der Waals surface area contributed by atoms with Gasteiger partial charge in [-0.2, -0.15) is 0 Å². The monoisotopic (exact) mass is 309 g/mol. The molecule has 0 aromatic rings. The Hall–Kier alpha value is 0.554. The molecule has 0 saturated heterocycles. The molecule has 0 aromatic heterocycles. The molecular weight excluding hydrogens is 274 g/mol. The van der Waals surface area contributed by atoms with E-state index >= 15 is 0 Å². The van der Waals surface area contributed by atoms with Crippen molar-refractivity contribution in [3.63, 3.8) is 0 Å². The summed E-state index contributed by atoms with van der Waals surface area (Å²) < 4.78 is 14.4. The van der Waals surface area contributed by atoms with E-state index in [1.807, 2.05) is 0 Å². The molecule has 0 N–H and O–H groups in total.